The van der Waals surface area contributed by atoms with E-state index in [9.17, 15) is 5.11 Å². The van der Waals surface area contributed by atoms with E-state index in [2.05, 4.69) is 5.32 Å². The molecule has 0 aromatic carbocycles. The summed E-state index contributed by atoms with van der Waals surface area (Å²) in [6.07, 6.45) is 0.810. The van der Waals surface area contributed by atoms with Crippen LogP contribution in [0.2, 0.25) is 0 Å². The smallest absolute Gasteiger partial charge is 0.178 e. The third kappa shape index (κ3) is 0.805. The van der Waals surface area contributed by atoms with Gasteiger partial charge in [0.15, 0.2) is 5.60 Å². The highest BCUT2D eigenvalue weighted by Gasteiger charge is 2.44. The minimum absolute atomic E-state index is 0.0116. The number of nitrogens with one attached hydrogen (secondary N) is 1. The molecule has 3 heteroatoms. The summed E-state index contributed by atoms with van der Waals surface area (Å²) < 4.78 is 0. The van der Waals surface area contributed by atoms with Crippen LogP contribution in [0.5, 0.6) is 0 Å². The Balaban J connectivity index is 2.54. The molecule has 0 aromatic heterocycles. The van der Waals surface area contributed by atoms with E-state index in [4.69, 9.17) is 5.26 Å². The molecule has 3 nitrogen and oxygen atoms in total. The van der Waals surface area contributed by atoms with Gasteiger partial charge in [-0.2, -0.15) is 5.26 Å². The highest BCUT2D eigenvalue weighted by atomic mass is 16.3. The first-order chi connectivity index (χ1) is 4.23. The minimum atomic E-state index is -1.07. The van der Waals surface area contributed by atoms with Crippen LogP contribution in [0.1, 0.15) is 13.3 Å². The van der Waals surface area contributed by atoms with Gasteiger partial charge in [-0.3, -0.25) is 0 Å². The largest absolute Gasteiger partial charge is 0.373 e. The fourth-order valence-corrected chi connectivity index (χ4v) is 1.04. The Hall–Kier alpha value is -0.590. The quantitative estimate of drug-likeness (QED) is 0.471. The van der Waals surface area contributed by atoms with Crippen LogP contribution in [0.25, 0.3) is 0 Å². The van der Waals surface area contributed by atoms with E-state index in [-0.39, 0.29) is 6.04 Å². The lowest BCUT2D eigenvalue weighted by Gasteiger charge is -2.40. The van der Waals surface area contributed by atoms with Crippen molar-refractivity contribution in [1.29, 1.82) is 5.26 Å². The first kappa shape index (κ1) is 6.53. The molecule has 1 rings (SSSR count). The Morgan fingerprint density at radius 3 is 2.78 bits per heavy atom. The van der Waals surface area contributed by atoms with Gasteiger partial charge >= 0.3 is 0 Å². The molecule has 0 bridgehead atoms. The summed E-state index contributed by atoms with van der Waals surface area (Å²) in [6, 6.07) is 1.86. The summed E-state index contributed by atoms with van der Waals surface area (Å²) in [7, 11) is 0. The number of aliphatic hydroxyl groups is 1. The fraction of sp³-hybridized carbons (Fsp3) is 0.833. The molecule has 0 saturated carbocycles. The maximum absolute atomic E-state index is 9.25. The molecule has 9 heavy (non-hydrogen) atoms. The zero-order chi connectivity index (χ0) is 6.91. The van der Waals surface area contributed by atoms with Gasteiger partial charge in [0.1, 0.15) is 6.07 Å². The summed E-state index contributed by atoms with van der Waals surface area (Å²) >= 11 is 0. The third-order valence-electron chi connectivity index (χ3n) is 1.80. The first-order valence-corrected chi connectivity index (χ1v) is 3.10. The first-order valence-electron chi connectivity index (χ1n) is 3.10. The van der Waals surface area contributed by atoms with E-state index in [0.29, 0.717) is 6.54 Å². The van der Waals surface area contributed by atoms with Crippen molar-refractivity contribution in [3.05, 3.63) is 0 Å². The Morgan fingerprint density at radius 2 is 2.67 bits per heavy atom. The standard InChI is InChI=1S/C6H10N2O/c1-2-5-6(9,3-7)4-8-5/h5,8-9H,2,4H2,1H3. The van der Waals surface area contributed by atoms with Crippen molar-refractivity contribution in [1.82, 2.24) is 5.32 Å². The normalized spacial score (nSPS) is 41.2. The molecule has 2 atom stereocenters. The molecule has 2 unspecified atom stereocenters. The van der Waals surface area contributed by atoms with E-state index < -0.39 is 5.60 Å². The molecule has 1 heterocycles. The van der Waals surface area contributed by atoms with Crippen molar-refractivity contribution in [3.63, 3.8) is 0 Å². The van der Waals surface area contributed by atoms with E-state index in [1.165, 1.54) is 0 Å². The van der Waals surface area contributed by atoms with Crippen molar-refractivity contribution in [3.8, 4) is 6.07 Å². The average Bonchev–Trinajstić information content (AvgIpc) is 1.85. The summed E-state index contributed by atoms with van der Waals surface area (Å²) in [5.41, 5.74) is -1.07. The molecule has 1 aliphatic heterocycles. The topological polar surface area (TPSA) is 56.0 Å². The molecule has 0 radical (unpaired) electrons. The second-order valence-corrected chi connectivity index (χ2v) is 2.38. The molecule has 0 aromatic rings. The molecule has 0 aliphatic carbocycles. The van der Waals surface area contributed by atoms with Crippen LogP contribution >= 0.6 is 0 Å². The number of hydrogen-bond donors (Lipinski definition) is 2. The molecule has 0 amide bonds. The number of nitrogens with zero attached hydrogens (tertiary/aromatic N) is 1. The lowest BCUT2D eigenvalue weighted by molar-refractivity contribution is -0.00827. The van der Waals surface area contributed by atoms with Gasteiger partial charge in [-0.25, -0.2) is 0 Å². The molecule has 1 saturated heterocycles. The molecular weight excluding hydrogens is 116 g/mol. The Morgan fingerprint density at radius 1 is 2.00 bits per heavy atom. The van der Waals surface area contributed by atoms with Gasteiger partial charge in [0, 0.05) is 6.54 Å². The number of β-amino-alcohol motifs (C(OH)–C–C–N with tert-alkyl or cyclic N) is 1. The van der Waals surface area contributed by atoms with Crippen LogP contribution in [-0.4, -0.2) is 23.3 Å². The summed E-state index contributed by atoms with van der Waals surface area (Å²) in [4.78, 5) is 0. The lowest BCUT2D eigenvalue weighted by Crippen LogP contribution is -2.66. The summed E-state index contributed by atoms with van der Waals surface area (Å²) in [6.45, 7) is 2.36. The van der Waals surface area contributed by atoms with Crippen LogP contribution < -0.4 is 5.32 Å². The van der Waals surface area contributed by atoms with Crippen molar-refractivity contribution in [2.24, 2.45) is 0 Å². The zero-order valence-corrected chi connectivity index (χ0v) is 5.39. The van der Waals surface area contributed by atoms with Gasteiger partial charge in [0.25, 0.3) is 0 Å². The highest BCUT2D eigenvalue weighted by molar-refractivity contribution is 5.16. The van der Waals surface area contributed by atoms with E-state index in [1.54, 1.807) is 0 Å². The van der Waals surface area contributed by atoms with Crippen molar-refractivity contribution < 1.29 is 5.11 Å². The molecule has 2 N–H and O–H groups in total. The van der Waals surface area contributed by atoms with Crippen LogP contribution in [0, 0.1) is 11.3 Å². The van der Waals surface area contributed by atoms with Gasteiger partial charge in [0.2, 0.25) is 0 Å². The summed E-state index contributed by atoms with van der Waals surface area (Å²) in [5.74, 6) is 0. The predicted octanol–water partition coefficient (Wildman–Crippen LogP) is -0.377. The Kier molecular flexibility index (Phi) is 1.43. The van der Waals surface area contributed by atoms with Crippen LogP contribution in [0.15, 0.2) is 0 Å². The fourth-order valence-electron chi connectivity index (χ4n) is 1.04. The Bertz CT molecular complexity index is 150. The second kappa shape index (κ2) is 1.98. The second-order valence-electron chi connectivity index (χ2n) is 2.38. The molecule has 1 aliphatic rings. The van der Waals surface area contributed by atoms with E-state index >= 15 is 0 Å². The van der Waals surface area contributed by atoms with E-state index in [0.717, 1.165) is 6.42 Å². The van der Waals surface area contributed by atoms with E-state index in [1.807, 2.05) is 13.0 Å². The van der Waals surface area contributed by atoms with Gasteiger partial charge in [-0.1, -0.05) is 6.92 Å². The van der Waals surface area contributed by atoms with Crippen molar-refractivity contribution in [2.75, 3.05) is 6.54 Å². The summed E-state index contributed by atoms with van der Waals surface area (Å²) in [5, 5.41) is 20.6. The number of rotatable bonds is 1. The lowest BCUT2D eigenvalue weighted by atomic mass is 9.86. The number of nitriles is 1. The highest BCUT2D eigenvalue weighted by Crippen LogP contribution is 2.19. The van der Waals surface area contributed by atoms with Crippen LogP contribution in [0.3, 0.4) is 0 Å². The zero-order valence-electron chi connectivity index (χ0n) is 5.39. The van der Waals surface area contributed by atoms with Crippen LogP contribution in [-0.2, 0) is 0 Å². The maximum atomic E-state index is 9.25. The van der Waals surface area contributed by atoms with Gasteiger partial charge in [-0.15, -0.1) is 0 Å². The Labute approximate surface area is 54.3 Å². The third-order valence-corrected chi connectivity index (χ3v) is 1.80. The maximum Gasteiger partial charge on any atom is 0.178 e. The molecular formula is C6H10N2O. The van der Waals surface area contributed by atoms with Gasteiger partial charge in [0.05, 0.1) is 6.04 Å². The number of hydrogen-bond acceptors (Lipinski definition) is 3. The van der Waals surface area contributed by atoms with Gasteiger partial charge in [-0.05, 0) is 6.42 Å². The molecule has 0 spiro atoms. The van der Waals surface area contributed by atoms with Crippen LogP contribution in [0.4, 0.5) is 0 Å². The average molecular weight is 126 g/mol. The SMILES string of the molecule is CCC1NCC1(O)C#N. The van der Waals surface area contributed by atoms with Crippen molar-refractivity contribution in [2.45, 2.75) is 25.0 Å². The molecule has 50 valence electrons. The van der Waals surface area contributed by atoms with Crippen molar-refractivity contribution >= 4 is 0 Å². The minimum Gasteiger partial charge on any atom is -0.373 e. The predicted molar refractivity (Wildman–Crippen MR) is 32.6 cm³/mol. The van der Waals surface area contributed by atoms with Gasteiger partial charge < -0.3 is 10.4 Å². The monoisotopic (exact) mass is 126 g/mol. The molecule has 1 fully saturated rings.